The van der Waals surface area contributed by atoms with Gasteiger partial charge >= 0.3 is 6.03 Å². The topological polar surface area (TPSA) is 83.1 Å². The highest BCUT2D eigenvalue weighted by Crippen LogP contribution is 2.18. The largest absolute Gasteiger partial charge is 0.331 e. The van der Waals surface area contributed by atoms with Crippen molar-refractivity contribution in [1.82, 2.24) is 10.3 Å². The third-order valence-corrected chi connectivity index (χ3v) is 4.55. The van der Waals surface area contributed by atoms with Crippen LogP contribution in [0.2, 0.25) is 0 Å². The summed E-state index contributed by atoms with van der Waals surface area (Å²) in [6.07, 6.45) is 3.37. The first-order valence-corrected chi connectivity index (χ1v) is 8.92. The summed E-state index contributed by atoms with van der Waals surface area (Å²) in [6.45, 7) is 1.90. The molecule has 3 aromatic rings. The molecule has 1 aromatic carbocycles. The van der Waals surface area contributed by atoms with Crippen LogP contribution in [-0.4, -0.2) is 16.9 Å². The number of hydrogen-bond donors (Lipinski definition) is 3. The fourth-order valence-corrected chi connectivity index (χ4v) is 2.99. The van der Waals surface area contributed by atoms with E-state index in [1.54, 1.807) is 42.7 Å². The quantitative estimate of drug-likeness (QED) is 0.630. The Bertz CT molecular complexity index is 882. The average molecular weight is 366 g/mol. The molecule has 0 saturated heterocycles. The maximum Gasteiger partial charge on any atom is 0.319 e. The number of rotatable bonds is 5. The number of thiophene rings is 1. The summed E-state index contributed by atoms with van der Waals surface area (Å²) >= 11 is 1.37. The van der Waals surface area contributed by atoms with E-state index >= 15 is 0 Å². The molecule has 3 rings (SSSR count). The third-order valence-electron chi connectivity index (χ3n) is 3.68. The molecule has 2 aromatic heterocycles. The molecule has 1 atom stereocenters. The van der Waals surface area contributed by atoms with Gasteiger partial charge in [0.1, 0.15) is 0 Å². The summed E-state index contributed by atoms with van der Waals surface area (Å²) in [6, 6.07) is 13.8. The molecular weight excluding hydrogens is 348 g/mol. The van der Waals surface area contributed by atoms with E-state index in [2.05, 4.69) is 20.9 Å². The molecular formula is C19H18N4O2S. The van der Waals surface area contributed by atoms with Crippen molar-refractivity contribution in [2.75, 3.05) is 10.6 Å². The lowest BCUT2D eigenvalue weighted by atomic mass is 10.1. The van der Waals surface area contributed by atoms with Crippen LogP contribution in [0.4, 0.5) is 16.2 Å². The maximum absolute atomic E-state index is 12.2. The molecule has 0 bridgehead atoms. The first-order valence-electron chi connectivity index (χ1n) is 8.04. The van der Waals surface area contributed by atoms with Crippen molar-refractivity contribution in [3.63, 3.8) is 0 Å². The van der Waals surface area contributed by atoms with Crippen molar-refractivity contribution in [2.24, 2.45) is 0 Å². The van der Waals surface area contributed by atoms with E-state index in [1.807, 2.05) is 30.5 Å². The minimum absolute atomic E-state index is 0.153. The van der Waals surface area contributed by atoms with Crippen molar-refractivity contribution in [1.29, 1.82) is 0 Å². The molecule has 0 aliphatic rings. The average Bonchev–Trinajstić information content (AvgIpc) is 3.17. The van der Waals surface area contributed by atoms with Gasteiger partial charge in [-0.2, -0.15) is 0 Å². The number of amides is 3. The van der Waals surface area contributed by atoms with Crippen molar-refractivity contribution in [3.8, 4) is 0 Å². The van der Waals surface area contributed by atoms with Gasteiger partial charge in [-0.3, -0.25) is 9.78 Å². The number of benzene rings is 1. The van der Waals surface area contributed by atoms with E-state index in [1.165, 1.54) is 11.3 Å². The van der Waals surface area contributed by atoms with E-state index in [0.717, 1.165) is 5.56 Å². The zero-order valence-electron chi connectivity index (χ0n) is 14.1. The van der Waals surface area contributed by atoms with Crippen molar-refractivity contribution in [3.05, 3.63) is 76.7 Å². The highest BCUT2D eigenvalue weighted by Gasteiger charge is 2.10. The van der Waals surface area contributed by atoms with Gasteiger partial charge in [0.05, 0.1) is 10.9 Å². The van der Waals surface area contributed by atoms with Gasteiger partial charge in [-0.05, 0) is 54.3 Å². The highest BCUT2D eigenvalue weighted by atomic mass is 32.1. The first kappa shape index (κ1) is 17.6. The number of nitrogens with zero attached hydrogens (tertiary/aromatic N) is 1. The minimum atomic E-state index is -0.323. The maximum atomic E-state index is 12.2. The normalized spacial score (nSPS) is 11.4. The van der Waals surface area contributed by atoms with Gasteiger partial charge in [0.2, 0.25) is 0 Å². The summed E-state index contributed by atoms with van der Waals surface area (Å²) in [5.41, 5.74) is 2.17. The molecule has 6 nitrogen and oxygen atoms in total. The Kier molecular flexibility index (Phi) is 5.60. The lowest BCUT2D eigenvalue weighted by Gasteiger charge is -2.15. The Morgan fingerprint density at radius 1 is 1.00 bits per heavy atom. The molecule has 0 radical (unpaired) electrons. The van der Waals surface area contributed by atoms with E-state index < -0.39 is 0 Å². The van der Waals surface area contributed by atoms with Gasteiger partial charge in [0, 0.05) is 23.8 Å². The van der Waals surface area contributed by atoms with Crippen molar-refractivity contribution >= 4 is 34.6 Å². The molecule has 0 saturated carbocycles. The zero-order chi connectivity index (χ0) is 18.4. The fourth-order valence-electron chi connectivity index (χ4n) is 2.37. The standard InChI is InChI=1S/C19H18N4O2S/c1-13(14-7-9-20-10-8-14)21-19(25)23-16-5-2-4-15(12-16)22-18(24)17-6-3-11-26-17/h2-13H,1H3,(H,22,24)(H2,21,23,25). The number of carbonyl (C=O) groups excluding carboxylic acids is 2. The molecule has 26 heavy (non-hydrogen) atoms. The molecule has 0 spiro atoms. The number of anilines is 2. The molecule has 1 unspecified atom stereocenters. The Morgan fingerprint density at radius 3 is 2.42 bits per heavy atom. The summed E-state index contributed by atoms with van der Waals surface area (Å²) in [5.74, 6) is -0.173. The number of hydrogen-bond acceptors (Lipinski definition) is 4. The van der Waals surface area contributed by atoms with E-state index in [4.69, 9.17) is 0 Å². The Balaban J connectivity index is 1.59. The second-order valence-corrected chi connectivity index (χ2v) is 6.56. The molecule has 7 heteroatoms. The van der Waals surface area contributed by atoms with Crippen molar-refractivity contribution < 1.29 is 9.59 Å². The van der Waals surface area contributed by atoms with E-state index in [0.29, 0.717) is 16.3 Å². The number of urea groups is 1. The van der Waals surface area contributed by atoms with Gasteiger partial charge in [-0.25, -0.2) is 4.79 Å². The van der Waals surface area contributed by atoms with Crippen LogP contribution in [0.3, 0.4) is 0 Å². The first-order chi connectivity index (χ1) is 12.6. The van der Waals surface area contributed by atoms with Gasteiger partial charge in [-0.1, -0.05) is 12.1 Å². The summed E-state index contributed by atoms with van der Waals surface area (Å²) < 4.78 is 0. The van der Waals surface area contributed by atoms with Crippen LogP contribution in [0.1, 0.15) is 28.2 Å². The molecule has 0 aliphatic heterocycles. The smallest absolute Gasteiger partial charge is 0.319 e. The van der Waals surface area contributed by atoms with Crippen LogP contribution in [0.5, 0.6) is 0 Å². The lowest BCUT2D eigenvalue weighted by Crippen LogP contribution is -2.31. The predicted octanol–water partition coefficient (Wildman–Crippen LogP) is 4.28. The van der Waals surface area contributed by atoms with Gasteiger partial charge in [0.25, 0.3) is 5.91 Å². The third kappa shape index (κ3) is 4.67. The monoisotopic (exact) mass is 366 g/mol. The molecule has 2 heterocycles. The molecule has 0 fully saturated rings. The number of aromatic nitrogens is 1. The number of pyridine rings is 1. The second-order valence-electron chi connectivity index (χ2n) is 5.61. The van der Waals surface area contributed by atoms with E-state index in [9.17, 15) is 9.59 Å². The predicted molar refractivity (Wildman–Crippen MR) is 104 cm³/mol. The van der Waals surface area contributed by atoms with Gasteiger partial charge in [0.15, 0.2) is 0 Å². The molecule has 132 valence electrons. The van der Waals surface area contributed by atoms with Crippen LogP contribution in [-0.2, 0) is 0 Å². The van der Waals surface area contributed by atoms with Crippen molar-refractivity contribution in [2.45, 2.75) is 13.0 Å². The summed E-state index contributed by atoms with van der Waals surface area (Å²) in [7, 11) is 0. The second kappa shape index (κ2) is 8.26. The molecule has 3 N–H and O–H groups in total. The van der Waals surface area contributed by atoms with Crippen LogP contribution >= 0.6 is 11.3 Å². The van der Waals surface area contributed by atoms with Gasteiger partial charge < -0.3 is 16.0 Å². The van der Waals surface area contributed by atoms with Gasteiger partial charge in [-0.15, -0.1) is 11.3 Å². The SMILES string of the molecule is CC(NC(=O)Nc1cccc(NC(=O)c2cccs2)c1)c1ccncc1. The van der Waals surface area contributed by atoms with E-state index in [-0.39, 0.29) is 18.0 Å². The van der Waals surface area contributed by atoms with Crippen LogP contribution in [0.25, 0.3) is 0 Å². The Labute approximate surface area is 155 Å². The summed E-state index contributed by atoms with van der Waals surface area (Å²) in [5, 5.41) is 10.3. The summed E-state index contributed by atoms with van der Waals surface area (Å²) in [4.78, 5) is 28.9. The zero-order valence-corrected chi connectivity index (χ0v) is 14.9. The molecule has 3 amide bonds. The van der Waals surface area contributed by atoms with Crippen LogP contribution < -0.4 is 16.0 Å². The highest BCUT2D eigenvalue weighted by molar-refractivity contribution is 7.12. The number of carbonyl (C=O) groups is 2. The van der Waals surface area contributed by atoms with Crippen LogP contribution in [0.15, 0.2) is 66.3 Å². The number of nitrogens with one attached hydrogen (secondary N) is 3. The Morgan fingerprint density at radius 2 is 1.73 bits per heavy atom. The van der Waals surface area contributed by atoms with Crippen LogP contribution in [0, 0.1) is 0 Å². The fraction of sp³-hybridized carbons (Fsp3) is 0.105. The minimum Gasteiger partial charge on any atom is -0.331 e. The Hall–Kier alpha value is -3.19. The molecule has 0 aliphatic carbocycles. The lowest BCUT2D eigenvalue weighted by molar-refractivity contribution is 0.103.